The first-order valence-electron chi connectivity index (χ1n) is 8.15. The van der Waals surface area contributed by atoms with E-state index >= 15 is 0 Å². The molecule has 0 radical (unpaired) electrons. The van der Waals surface area contributed by atoms with Crippen LogP contribution in [0.2, 0.25) is 0 Å². The number of nitrogens with zero attached hydrogens (tertiary/aromatic N) is 1. The van der Waals surface area contributed by atoms with Gasteiger partial charge in [-0.25, -0.2) is 4.39 Å². The van der Waals surface area contributed by atoms with Crippen LogP contribution in [0.3, 0.4) is 0 Å². The second-order valence-corrected chi connectivity index (χ2v) is 5.66. The van der Waals surface area contributed by atoms with Crippen LogP contribution in [0.1, 0.15) is 18.5 Å². The highest BCUT2D eigenvalue weighted by molar-refractivity contribution is 6.02. The van der Waals surface area contributed by atoms with Crippen LogP contribution in [-0.2, 0) is 9.53 Å². The Kier molecular flexibility index (Phi) is 5.74. The number of hydrogen-bond donors (Lipinski definition) is 1. The minimum Gasteiger partial charge on any atom is -0.489 e. The van der Waals surface area contributed by atoms with E-state index < -0.39 is 11.7 Å². The molecular formula is C19H19FN2O3. The molecule has 25 heavy (non-hydrogen) atoms. The Morgan fingerprint density at radius 3 is 3.08 bits per heavy atom. The predicted molar refractivity (Wildman–Crippen MR) is 92.8 cm³/mol. The highest BCUT2D eigenvalue weighted by Crippen LogP contribution is 2.26. The van der Waals surface area contributed by atoms with Gasteiger partial charge in [-0.15, -0.1) is 0 Å². The molecule has 2 heterocycles. The van der Waals surface area contributed by atoms with Crippen LogP contribution in [0.15, 0.2) is 48.7 Å². The lowest BCUT2D eigenvalue weighted by Crippen LogP contribution is -2.17. The minimum atomic E-state index is -0.450. The predicted octanol–water partition coefficient (Wildman–Crippen LogP) is 3.43. The van der Waals surface area contributed by atoms with Crippen LogP contribution in [0.4, 0.5) is 10.1 Å². The fourth-order valence-electron chi connectivity index (χ4n) is 2.49. The summed E-state index contributed by atoms with van der Waals surface area (Å²) in [5.41, 5.74) is 0.945. The lowest BCUT2D eigenvalue weighted by Gasteiger charge is -2.15. The first-order valence-corrected chi connectivity index (χ1v) is 8.15. The maximum absolute atomic E-state index is 13.5. The van der Waals surface area contributed by atoms with Gasteiger partial charge in [-0.1, -0.05) is 6.07 Å². The van der Waals surface area contributed by atoms with Gasteiger partial charge in [-0.3, -0.25) is 9.78 Å². The smallest absolute Gasteiger partial charge is 0.248 e. The molecule has 0 bridgehead atoms. The van der Waals surface area contributed by atoms with E-state index in [1.54, 1.807) is 24.4 Å². The third-order valence-corrected chi connectivity index (χ3v) is 3.74. The Hall–Kier alpha value is -2.73. The van der Waals surface area contributed by atoms with Crippen molar-refractivity contribution in [3.63, 3.8) is 0 Å². The van der Waals surface area contributed by atoms with E-state index in [0.717, 1.165) is 19.4 Å². The number of pyridine rings is 1. The normalized spacial score (nSPS) is 16.9. The molecule has 0 spiro atoms. The van der Waals surface area contributed by atoms with Gasteiger partial charge in [-0.05, 0) is 43.2 Å². The molecule has 1 aromatic heterocycles. The Morgan fingerprint density at radius 1 is 1.40 bits per heavy atom. The molecule has 1 fully saturated rings. The third-order valence-electron chi connectivity index (χ3n) is 3.74. The average molecular weight is 342 g/mol. The molecule has 2 aromatic rings. The van der Waals surface area contributed by atoms with E-state index in [1.165, 1.54) is 24.3 Å². The molecule has 1 amide bonds. The van der Waals surface area contributed by atoms with Gasteiger partial charge in [0.25, 0.3) is 0 Å². The van der Waals surface area contributed by atoms with E-state index in [1.807, 2.05) is 6.07 Å². The number of amides is 1. The molecule has 130 valence electrons. The van der Waals surface area contributed by atoms with Gasteiger partial charge in [0.1, 0.15) is 18.2 Å². The molecule has 3 rings (SSSR count). The molecule has 1 atom stereocenters. The van der Waals surface area contributed by atoms with Crippen molar-refractivity contribution >= 4 is 17.7 Å². The van der Waals surface area contributed by atoms with Crippen molar-refractivity contribution in [1.29, 1.82) is 0 Å². The van der Waals surface area contributed by atoms with Gasteiger partial charge in [0, 0.05) is 24.9 Å². The van der Waals surface area contributed by atoms with Gasteiger partial charge in [0.2, 0.25) is 5.91 Å². The van der Waals surface area contributed by atoms with E-state index in [-0.39, 0.29) is 11.8 Å². The van der Waals surface area contributed by atoms with E-state index in [0.29, 0.717) is 18.1 Å². The van der Waals surface area contributed by atoms with Crippen LogP contribution in [0, 0.1) is 5.82 Å². The van der Waals surface area contributed by atoms with E-state index in [4.69, 9.17) is 9.47 Å². The van der Waals surface area contributed by atoms with Gasteiger partial charge < -0.3 is 14.8 Å². The van der Waals surface area contributed by atoms with Gasteiger partial charge >= 0.3 is 0 Å². The molecule has 6 heteroatoms. The number of benzene rings is 1. The summed E-state index contributed by atoms with van der Waals surface area (Å²) in [6, 6.07) is 9.43. The summed E-state index contributed by atoms with van der Waals surface area (Å²) in [6.45, 7) is 1.11. The van der Waals surface area contributed by atoms with Crippen molar-refractivity contribution in [3.8, 4) is 5.75 Å². The lowest BCUT2D eigenvalue weighted by atomic mass is 10.2. The highest BCUT2D eigenvalue weighted by atomic mass is 19.1. The Morgan fingerprint density at radius 2 is 2.32 bits per heavy atom. The number of anilines is 1. The standard InChI is InChI=1S/C19H19FN2O3/c20-14-6-8-18(25-13-16-5-3-11-24-16)17(12-14)22-19(23)9-7-15-4-1-2-10-21-15/h1-2,4,6-10,12,16H,3,5,11,13H2,(H,22,23). The van der Waals surface area contributed by atoms with Crippen LogP contribution in [0.5, 0.6) is 5.75 Å². The van der Waals surface area contributed by atoms with Crippen LogP contribution < -0.4 is 10.1 Å². The number of nitrogens with one attached hydrogen (secondary N) is 1. The monoisotopic (exact) mass is 342 g/mol. The Labute approximate surface area is 145 Å². The fourth-order valence-corrected chi connectivity index (χ4v) is 2.49. The topological polar surface area (TPSA) is 60.5 Å². The lowest BCUT2D eigenvalue weighted by molar-refractivity contribution is -0.111. The number of carbonyl (C=O) groups excluding carboxylic acids is 1. The zero-order valence-corrected chi connectivity index (χ0v) is 13.7. The summed E-state index contributed by atoms with van der Waals surface area (Å²) in [5.74, 6) is -0.428. The second-order valence-electron chi connectivity index (χ2n) is 5.66. The molecule has 1 aliphatic rings. The third kappa shape index (κ3) is 5.12. The van der Waals surface area contributed by atoms with Crippen molar-refractivity contribution in [3.05, 3.63) is 60.2 Å². The highest BCUT2D eigenvalue weighted by Gasteiger charge is 2.17. The summed E-state index contributed by atoms with van der Waals surface area (Å²) < 4.78 is 24.7. The van der Waals surface area contributed by atoms with Crippen molar-refractivity contribution in [2.75, 3.05) is 18.5 Å². The van der Waals surface area contributed by atoms with Crippen LogP contribution in [0.25, 0.3) is 6.08 Å². The zero-order valence-electron chi connectivity index (χ0n) is 13.7. The van der Waals surface area contributed by atoms with Gasteiger partial charge in [0.15, 0.2) is 0 Å². The quantitative estimate of drug-likeness (QED) is 0.817. The van der Waals surface area contributed by atoms with Crippen LogP contribution in [-0.4, -0.2) is 30.2 Å². The zero-order chi connectivity index (χ0) is 17.5. The van der Waals surface area contributed by atoms with Crippen molar-refractivity contribution < 1.29 is 18.7 Å². The maximum Gasteiger partial charge on any atom is 0.248 e. The SMILES string of the molecule is O=C(C=Cc1ccccn1)Nc1cc(F)ccc1OCC1CCCO1. The summed E-state index contributed by atoms with van der Waals surface area (Å²) >= 11 is 0. The van der Waals surface area contributed by atoms with Crippen molar-refractivity contribution in [2.45, 2.75) is 18.9 Å². The second kappa shape index (κ2) is 8.39. The molecule has 5 nitrogen and oxygen atoms in total. The molecule has 1 saturated heterocycles. The first kappa shape index (κ1) is 17.1. The molecule has 1 unspecified atom stereocenters. The molecule has 1 aromatic carbocycles. The molecule has 0 saturated carbocycles. The van der Waals surface area contributed by atoms with E-state index in [2.05, 4.69) is 10.3 Å². The number of halogens is 1. The van der Waals surface area contributed by atoms with Crippen molar-refractivity contribution in [1.82, 2.24) is 4.98 Å². The number of ether oxygens (including phenoxy) is 2. The summed E-state index contributed by atoms with van der Waals surface area (Å²) in [6.07, 6.45) is 6.56. The summed E-state index contributed by atoms with van der Waals surface area (Å²) in [4.78, 5) is 16.2. The molecule has 0 aliphatic carbocycles. The molecule has 1 N–H and O–H groups in total. The number of rotatable bonds is 6. The number of carbonyl (C=O) groups is 1. The average Bonchev–Trinajstić information content (AvgIpc) is 3.14. The van der Waals surface area contributed by atoms with Gasteiger partial charge in [-0.2, -0.15) is 0 Å². The summed E-state index contributed by atoms with van der Waals surface area (Å²) in [5, 5.41) is 2.64. The minimum absolute atomic E-state index is 0.0395. The molecular weight excluding hydrogens is 323 g/mol. The fraction of sp³-hybridized carbons (Fsp3) is 0.263. The summed E-state index contributed by atoms with van der Waals surface area (Å²) in [7, 11) is 0. The number of aromatic nitrogens is 1. The largest absolute Gasteiger partial charge is 0.489 e. The molecule has 1 aliphatic heterocycles. The maximum atomic E-state index is 13.5. The Bertz CT molecular complexity index is 744. The number of hydrogen-bond acceptors (Lipinski definition) is 4. The first-order chi connectivity index (χ1) is 12.2. The van der Waals surface area contributed by atoms with Crippen molar-refractivity contribution in [2.24, 2.45) is 0 Å². The van der Waals surface area contributed by atoms with Crippen LogP contribution >= 0.6 is 0 Å². The van der Waals surface area contributed by atoms with Gasteiger partial charge in [0.05, 0.1) is 17.5 Å². The van der Waals surface area contributed by atoms with E-state index in [9.17, 15) is 9.18 Å². The Balaban J connectivity index is 1.64.